The summed E-state index contributed by atoms with van der Waals surface area (Å²) < 4.78 is 30.2. The Kier molecular flexibility index (Phi) is 4.15. The van der Waals surface area contributed by atoms with Crippen LogP contribution in [0.25, 0.3) is 0 Å². The Morgan fingerprint density at radius 2 is 2.06 bits per heavy atom. The first-order valence-electron chi connectivity index (χ1n) is 4.47. The summed E-state index contributed by atoms with van der Waals surface area (Å²) in [6.07, 6.45) is 0. The van der Waals surface area contributed by atoms with Crippen LogP contribution in [0, 0.1) is 0 Å². The van der Waals surface area contributed by atoms with Crippen molar-refractivity contribution in [3.8, 4) is 5.75 Å². The van der Waals surface area contributed by atoms with Crippen molar-refractivity contribution in [3.63, 3.8) is 0 Å². The maximum Gasteiger partial charge on any atom is 0.265 e. The Morgan fingerprint density at radius 1 is 1.44 bits per heavy atom. The van der Waals surface area contributed by atoms with E-state index in [2.05, 4.69) is 0 Å². The molecule has 0 saturated heterocycles. The summed E-state index contributed by atoms with van der Waals surface area (Å²) in [4.78, 5) is 0. The van der Waals surface area contributed by atoms with Gasteiger partial charge in [-0.25, -0.2) is 0 Å². The highest BCUT2D eigenvalue weighted by molar-refractivity contribution is 7.85. The number of phenols is 1. The molecule has 5 nitrogen and oxygen atoms in total. The second kappa shape index (κ2) is 5.01. The molecule has 0 aliphatic carbocycles. The molecule has 0 aromatic heterocycles. The molecular formula is C9H12ClNO4S. The summed E-state index contributed by atoms with van der Waals surface area (Å²) in [5, 5.41) is 9.53. The molecule has 0 aliphatic heterocycles. The molecule has 1 unspecified atom stereocenters. The van der Waals surface area contributed by atoms with Crippen LogP contribution in [0.4, 0.5) is 0 Å². The van der Waals surface area contributed by atoms with Crippen LogP contribution < -0.4 is 5.73 Å². The molecule has 1 rings (SSSR count). The summed E-state index contributed by atoms with van der Waals surface area (Å²) in [6, 6.07) is 4.34. The Bertz CT molecular complexity index is 474. The van der Waals surface area contributed by atoms with Crippen LogP contribution in [0.5, 0.6) is 5.75 Å². The molecule has 0 saturated carbocycles. The number of benzene rings is 1. The molecule has 0 bridgehead atoms. The van der Waals surface area contributed by atoms with Crippen LogP contribution in [0.3, 0.4) is 0 Å². The fourth-order valence-electron chi connectivity index (χ4n) is 1.34. The number of nitrogens with two attached hydrogens (primary N) is 1. The number of rotatable bonds is 4. The Morgan fingerprint density at radius 3 is 2.50 bits per heavy atom. The van der Waals surface area contributed by atoms with Gasteiger partial charge >= 0.3 is 0 Å². The Balaban J connectivity index is 3.00. The van der Waals surface area contributed by atoms with E-state index < -0.39 is 21.8 Å². The number of hydrogen-bond donors (Lipinski definition) is 3. The zero-order chi connectivity index (χ0) is 12.3. The lowest BCUT2D eigenvalue weighted by Gasteiger charge is -2.13. The Hall–Kier alpha value is -0.820. The van der Waals surface area contributed by atoms with Gasteiger partial charge < -0.3 is 10.8 Å². The van der Waals surface area contributed by atoms with Crippen molar-refractivity contribution in [2.75, 3.05) is 12.3 Å². The van der Waals surface area contributed by atoms with Crippen molar-refractivity contribution >= 4 is 21.7 Å². The lowest BCUT2D eigenvalue weighted by Crippen LogP contribution is -2.21. The van der Waals surface area contributed by atoms with E-state index in [0.29, 0.717) is 5.56 Å². The fraction of sp³-hybridized carbons (Fsp3) is 0.333. The van der Waals surface area contributed by atoms with Crippen molar-refractivity contribution in [3.05, 3.63) is 28.8 Å². The largest absolute Gasteiger partial charge is 0.506 e. The molecule has 0 aliphatic rings. The minimum atomic E-state index is -4.10. The molecular weight excluding hydrogens is 254 g/mol. The van der Waals surface area contributed by atoms with Gasteiger partial charge in [-0.2, -0.15) is 8.42 Å². The van der Waals surface area contributed by atoms with Crippen molar-refractivity contribution < 1.29 is 18.1 Å². The third kappa shape index (κ3) is 3.64. The third-order valence-corrected chi connectivity index (χ3v) is 3.28. The average Bonchev–Trinajstić information content (AvgIpc) is 2.17. The van der Waals surface area contributed by atoms with Gasteiger partial charge in [0.2, 0.25) is 0 Å². The first-order chi connectivity index (χ1) is 7.33. The quantitative estimate of drug-likeness (QED) is 0.705. The van der Waals surface area contributed by atoms with Crippen LogP contribution in [-0.2, 0) is 10.1 Å². The molecule has 7 heteroatoms. The van der Waals surface area contributed by atoms with Crippen molar-refractivity contribution in [1.82, 2.24) is 0 Å². The molecule has 16 heavy (non-hydrogen) atoms. The van der Waals surface area contributed by atoms with Crippen LogP contribution >= 0.6 is 11.6 Å². The minimum Gasteiger partial charge on any atom is -0.506 e. The number of phenolic OH excluding ortho intramolecular Hbond substituents is 1. The molecule has 0 heterocycles. The first kappa shape index (κ1) is 13.2. The molecule has 90 valence electrons. The highest BCUT2D eigenvalue weighted by Crippen LogP contribution is 2.27. The van der Waals surface area contributed by atoms with E-state index in [0.717, 1.165) is 0 Å². The standard InChI is InChI=1S/C9H12ClNO4S/c10-8-2-1-6(3-9(8)12)7(4-11)5-16(13,14)15/h1-3,7,12H,4-5,11H2,(H,13,14,15). The summed E-state index contributed by atoms with van der Waals surface area (Å²) in [5.74, 6) is -1.20. The summed E-state index contributed by atoms with van der Waals surface area (Å²) in [5.41, 5.74) is 5.93. The number of aromatic hydroxyl groups is 1. The van der Waals surface area contributed by atoms with Crippen molar-refractivity contribution in [2.24, 2.45) is 5.73 Å². The van der Waals surface area contributed by atoms with E-state index in [1.807, 2.05) is 0 Å². The molecule has 0 spiro atoms. The molecule has 4 N–H and O–H groups in total. The molecule has 0 fully saturated rings. The second-order valence-corrected chi connectivity index (χ2v) is 5.30. The molecule has 1 aromatic carbocycles. The van der Waals surface area contributed by atoms with Crippen LogP contribution in [0.2, 0.25) is 5.02 Å². The predicted octanol–water partition coefficient (Wildman–Crippen LogP) is 0.976. The minimum absolute atomic E-state index is 0.0425. The molecule has 0 amide bonds. The lowest BCUT2D eigenvalue weighted by atomic mass is 10.0. The predicted molar refractivity (Wildman–Crippen MR) is 61.3 cm³/mol. The van der Waals surface area contributed by atoms with Crippen LogP contribution in [0.15, 0.2) is 18.2 Å². The van der Waals surface area contributed by atoms with E-state index in [1.165, 1.54) is 12.1 Å². The van der Waals surface area contributed by atoms with E-state index in [9.17, 15) is 13.5 Å². The van der Waals surface area contributed by atoms with E-state index in [-0.39, 0.29) is 17.3 Å². The lowest BCUT2D eigenvalue weighted by molar-refractivity contribution is 0.470. The number of halogens is 1. The van der Waals surface area contributed by atoms with Crippen LogP contribution in [0.1, 0.15) is 11.5 Å². The third-order valence-electron chi connectivity index (χ3n) is 2.14. The van der Waals surface area contributed by atoms with Gasteiger partial charge in [-0.3, -0.25) is 4.55 Å². The maximum absolute atomic E-state index is 10.7. The first-order valence-corrected chi connectivity index (χ1v) is 6.46. The van der Waals surface area contributed by atoms with Gasteiger partial charge in [-0.15, -0.1) is 0 Å². The van der Waals surface area contributed by atoms with Crippen LogP contribution in [-0.4, -0.2) is 30.4 Å². The van der Waals surface area contributed by atoms with Gasteiger partial charge in [0.05, 0.1) is 10.8 Å². The van der Waals surface area contributed by atoms with Gasteiger partial charge in [0.25, 0.3) is 10.1 Å². The van der Waals surface area contributed by atoms with E-state index >= 15 is 0 Å². The smallest absolute Gasteiger partial charge is 0.265 e. The van der Waals surface area contributed by atoms with Gasteiger partial charge in [0.1, 0.15) is 5.75 Å². The van der Waals surface area contributed by atoms with E-state index in [1.54, 1.807) is 6.07 Å². The fourth-order valence-corrected chi connectivity index (χ4v) is 2.29. The van der Waals surface area contributed by atoms with Crippen molar-refractivity contribution in [2.45, 2.75) is 5.92 Å². The highest BCUT2D eigenvalue weighted by atomic mass is 35.5. The molecule has 0 radical (unpaired) electrons. The number of hydrogen-bond acceptors (Lipinski definition) is 4. The maximum atomic E-state index is 10.7. The zero-order valence-corrected chi connectivity index (χ0v) is 9.87. The summed E-state index contributed by atoms with van der Waals surface area (Å²) >= 11 is 5.61. The van der Waals surface area contributed by atoms with Crippen molar-refractivity contribution in [1.29, 1.82) is 0 Å². The SMILES string of the molecule is NCC(CS(=O)(=O)O)c1ccc(Cl)c(O)c1. The molecule has 1 aromatic rings. The monoisotopic (exact) mass is 265 g/mol. The van der Waals surface area contributed by atoms with Gasteiger partial charge in [0, 0.05) is 12.5 Å². The summed E-state index contributed by atoms with van der Waals surface area (Å²) in [6.45, 7) is 0.0425. The van der Waals surface area contributed by atoms with Gasteiger partial charge in [-0.1, -0.05) is 17.7 Å². The highest BCUT2D eigenvalue weighted by Gasteiger charge is 2.18. The van der Waals surface area contributed by atoms with Gasteiger partial charge in [0.15, 0.2) is 0 Å². The normalized spacial score (nSPS) is 13.7. The van der Waals surface area contributed by atoms with E-state index in [4.69, 9.17) is 21.9 Å². The average molecular weight is 266 g/mol. The van der Waals surface area contributed by atoms with Gasteiger partial charge in [-0.05, 0) is 17.7 Å². The second-order valence-electron chi connectivity index (χ2n) is 3.39. The topological polar surface area (TPSA) is 101 Å². The summed E-state index contributed by atoms with van der Waals surface area (Å²) in [7, 11) is -4.10. The Labute approximate surface area is 98.6 Å². The molecule has 1 atom stereocenters. The zero-order valence-electron chi connectivity index (χ0n) is 8.30.